The van der Waals surface area contributed by atoms with Crippen LogP contribution in [0.4, 0.5) is 4.79 Å². The fourth-order valence-electron chi connectivity index (χ4n) is 2.62. The van der Waals surface area contributed by atoms with E-state index in [4.69, 9.17) is 14.7 Å². The summed E-state index contributed by atoms with van der Waals surface area (Å²) in [5.74, 6) is -2.28. The Morgan fingerprint density at radius 2 is 2.00 bits per heavy atom. The zero-order chi connectivity index (χ0) is 18.7. The molecule has 0 fully saturated rings. The van der Waals surface area contributed by atoms with Gasteiger partial charge < -0.3 is 19.6 Å². The van der Waals surface area contributed by atoms with Crippen LogP contribution in [0.3, 0.4) is 0 Å². The molecule has 0 bridgehead atoms. The quantitative estimate of drug-likeness (QED) is 0.641. The number of ether oxygens (including phenoxy) is 1. The predicted molar refractivity (Wildman–Crippen MR) is 86.9 cm³/mol. The number of fused-ring (bicyclic) bond motifs is 1. The molecule has 3 rings (SSSR count). The van der Waals surface area contributed by atoms with Gasteiger partial charge in [-0.25, -0.2) is 19.4 Å². The highest BCUT2D eigenvalue weighted by Crippen LogP contribution is 2.17. The molecule has 9 nitrogen and oxygen atoms in total. The van der Waals surface area contributed by atoms with Gasteiger partial charge >= 0.3 is 18.0 Å². The third-order valence-corrected chi connectivity index (χ3v) is 4.12. The number of carboxylic acid groups (broad SMARTS) is 1. The van der Waals surface area contributed by atoms with Gasteiger partial charge in [0.15, 0.2) is 0 Å². The number of aromatic nitrogens is 2. The van der Waals surface area contributed by atoms with Crippen LogP contribution in [0.25, 0.3) is 0 Å². The molecular weight excluding hydrogens is 342 g/mol. The van der Waals surface area contributed by atoms with Gasteiger partial charge in [0.2, 0.25) is 0 Å². The van der Waals surface area contributed by atoms with Gasteiger partial charge in [0.25, 0.3) is 0 Å². The third-order valence-electron chi connectivity index (χ3n) is 4.12. The number of hydrogen-bond donors (Lipinski definition) is 1. The van der Waals surface area contributed by atoms with E-state index in [1.165, 1.54) is 11.2 Å². The molecule has 1 aliphatic heterocycles. The van der Waals surface area contributed by atoms with Crippen molar-refractivity contribution in [1.29, 1.82) is 0 Å². The molecule has 2 heterocycles. The second-order valence-corrected chi connectivity index (χ2v) is 5.80. The number of rotatable bonds is 3. The summed E-state index contributed by atoms with van der Waals surface area (Å²) in [4.78, 5) is 45.0. The van der Waals surface area contributed by atoms with Gasteiger partial charge in [0.1, 0.15) is 12.9 Å². The fourth-order valence-corrected chi connectivity index (χ4v) is 2.62. The summed E-state index contributed by atoms with van der Waals surface area (Å²) in [7, 11) is 0. The maximum atomic E-state index is 11.9. The average Bonchev–Trinajstić information content (AvgIpc) is 3.02. The zero-order valence-electron chi connectivity index (χ0n) is 14.0. The van der Waals surface area contributed by atoms with Crippen LogP contribution in [0.5, 0.6) is 0 Å². The SMILES string of the molecule is Cc1ccccc1COC(=O)C(=O)On1cnc2c1CCN(C(=O)O)C2. The molecule has 0 saturated carbocycles. The number of amides is 1. The number of carbonyl (C=O) groups is 3. The zero-order valence-corrected chi connectivity index (χ0v) is 14.0. The molecule has 2 aromatic rings. The summed E-state index contributed by atoms with van der Waals surface area (Å²) in [6, 6.07) is 7.35. The summed E-state index contributed by atoms with van der Waals surface area (Å²) < 4.78 is 6.07. The molecule has 1 aromatic heterocycles. The molecular formula is C17H17N3O6. The van der Waals surface area contributed by atoms with Gasteiger partial charge in [-0.15, -0.1) is 0 Å². The minimum atomic E-state index is -1.17. The van der Waals surface area contributed by atoms with Crippen molar-refractivity contribution in [2.24, 2.45) is 0 Å². The number of aryl methyl sites for hydroxylation is 1. The lowest BCUT2D eigenvalue weighted by atomic mass is 10.1. The Balaban J connectivity index is 1.59. The van der Waals surface area contributed by atoms with Gasteiger partial charge in [-0.3, -0.25) is 0 Å². The second kappa shape index (κ2) is 7.26. The summed E-state index contributed by atoms with van der Waals surface area (Å²) in [6.07, 6.45) is 0.525. The Kier molecular flexibility index (Phi) is 4.87. The van der Waals surface area contributed by atoms with Crippen molar-refractivity contribution in [2.45, 2.75) is 26.5 Å². The molecule has 1 amide bonds. The molecule has 0 aliphatic carbocycles. The first-order valence-corrected chi connectivity index (χ1v) is 7.92. The molecule has 1 aromatic carbocycles. The van der Waals surface area contributed by atoms with Crippen LogP contribution in [0, 0.1) is 6.92 Å². The number of esters is 1. The lowest BCUT2D eigenvalue weighted by Crippen LogP contribution is -2.36. The van der Waals surface area contributed by atoms with Gasteiger partial charge in [-0.1, -0.05) is 24.3 Å². The van der Waals surface area contributed by atoms with E-state index in [-0.39, 0.29) is 19.7 Å². The largest absolute Gasteiger partial charge is 0.465 e. The van der Waals surface area contributed by atoms with Crippen molar-refractivity contribution in [3.8, 4) is 0 Å². The van der Waals surface area contributed by atoms with E-state index in [1.54, 1.807) is 6.07 Å². The van der Waals surface area contributed by atoms with Crippen molar-refractivity contribution in [1.82, 2.24) is 14.6 Å². The highest BCUT2D eigenvalue weighted by atomic mass is 16.7. The Morgan fingerprint density at radius 1 is 1.23 bits per heavy atom. The van der Waals surface area contributed by atoms with Crippen molar-refractivity contribution < 1.29 is 29.1 Å². The molecule has 0 unspecified atom stereocenters. The molecule has 26 heavy (non-hydrogen) atoms. The van der Waals surface area contributed by atoms with E-state index in [0.29, 0.717) is 17.8 Å². The lowest BCUT2D eigenvalue weighted by molar-refractivity contribution is -0.168. The van der Waals surface area contributed by atoms with Crippen molar-refractivity contribution in [3.63, 3.8) is 0 Å². The van der Waals surface area contributed by atoms with Crippen molar-refractivity contribution in [3.05, 3.63) is 53.1 Å². The summed E-state index contributed by atoms with van der Waals surface area (Å²) in [5.41, 5.74) is 2.78. The summed E-state index contributed by atoms with van der Waals surface area (Å²) >= 11 is 0. The van der Waals surface area contributed by atoms with Gasteiger partial charge in [0.05, 0.1) is 17.9 Å². The second-order valence-electron chi connectivity index (χ2n) is 5.80. The molecule has 9 heteroatoms. The highest BCUT2D eigenvalue weighted by molar-refractivity contribution is 6.29. The molecule has 1 N–H and O–H groups in total. The Morgan fingerprint density at radius 3 is 2.73 bits per heavy atom. The van der Waals surface area contributed by atoms with Gasteiger partial charge in [0, 0.05) is 13.0 Å². The first kappa shape index (κ1) is 17.5. The van der Waals surface area contributed by atoms with E-state index < -0.39 is 18.0 Å². The van der Waals surface area contributed by atoms with Crippen molar-refractivity contribution >= 4 is 18.0 Å². The molecule has 0 atom stereocenters. The van der Waals surface area contributed by atoms with E-state index in [1.807, 2.05) is 25.1 Å². The smallest absolute Gasteiger partial charge is 0.442 e. The summed E-state index contributed by atoms with van der Waals surface area (Å²) in [5, 5.41) is 9.01. The van der Waals surface area contributed by atoms with Gasteiger partial charge in [-0.05, 0) is 18.1 Å². The predicted octanol–water partition coefficient (Wildman–Crippen LogP) is 0.926. The molecule has 0 saturated heterocycles. The third kappa shape index (κ3) is 3.66. The van der Waals surface area contributed by atoms with Crippen LogP contribution < -0.4 is 4.84 Å². The topological polar surface area (TPSA) is 111 Å². The number of carbonyl (C=O) groups excluding carboxylic acids is 2. The van der Waals surface area contributed by atoms with Crippen molar-refractivity contribution in [2.75, 3.05) is 6.54 Å². The fraction of sp³-hybridized carbons (Fsp3) is 0.294. The van der Waals surface area contributed by atoms with E-state index in [9.17, 15) is 14.4 Å². The molecule has 0 spiro atoms. The van der Waals surface area contributed by atoms with Gasteiger partial charge in [-0.2, -0.15) is 4.73 Å². The van der Waals surface area contributed by atoms with Crippen LogP contribution >= 0.6 is 0 Å². The number of imidazole rings is 1. The molecule has 0 radical (unpaired) electrons. The average molecular weight is 359 g/mol. The van der Waals surface area contributed by atoms with Crippen LogP contribution in [0.2, 0.25) is 0 Å². The van der Waals surface area contributed by atoms with E-state index >= 15 is 0 Å². The van der Waals surface area contributed by atoms with Crippen LogP contribution in [0.1, 0.15) is 22.5 Å². The van der Waals surface area contributed by atoms with E-state index in [0.717, 1.165) is 15.9 Å². The maximum absolute atomic E-state index is 11.9. The van der Waals surface area contributed by atoms with E-state index in [2.05, 4.69) is 4.98 Å². The minimum absolute atomic E-state index is 0.0315. The minimum Gasteiger partial charge on any atom is -0.465 e. The first-order chi connectivity index (χ1) is 12.5. The normalized spacial score (nSPS) is 13.0. The summed E-state index contributed by atoms with van der Waals surface area (Å²) in [6.45, 7) is 2.20. The Labute approximate surface area is 148 Å². The standard InChI is InChI=1S/C17H17N3O6/c1-11-4-2-3-5-12(11)9-25-15(21)16(22)26-20-10-18-13-8-19(17(23)24)7-6-14(13)20/h2-5,10H,6-9H2,1H3,(H,23,24). The number of nitrogens with zero attached hydrogens (tertiary/aromatic N) is 3. The molecule has 136 valence electrons. The van der Waals surface area contributed by atoms with Crippen LogP contribution in [-0.4, -0.2) is 44.3 Å². The lowest BCUT2D eigenvalue weighted by Gasteiger charge is -2.23. The number of benzene rings is 1. The van der Waals surface area contributed by atoms with Crippen LogP contribution in [0.15, 0.2) is 30.6 Å². The Hall–Kier alpha value is -3.36. The first-order valence-electron chi connectivity index (χ1n) is 7.92. The van der Waals surface area contributed by atoms with Crippen LogP contribution in [-0.2, 0) is 33.9 Å². The Bertz CT molecular complexity index is 860. The molecule has 1 aliphatic rings. The maximum Gasteiger partial charge on any atom is 0.442 e. The monoisotopic (exact) mass is 359 g/mol. The highest BCUT2D eigenvalue weighted by Gasteiger charge is 2.27. The number of hydrogen-bond acceptors (Lipinski definition) is 6.